The van der Waals surface area contributed by atoms with Crippen molar-refractivity contribution in [3.63, 3.8) is 0 Å². The summed E-state index contributed by atoms with van der Waals surface area (Å²) >= 11 is 0. The molecule has 6 heteroatoms. The van der Waals surface area contributed by atoms with Crippen LogP contribution in [0.2, 0.25) is 0 Å². The van der Waals surface area contributed by atoms with E-state index in [1.807, 2.05) is 49.5 Å². The number of aromatic nitrogens is 2. The summed E-state index contributed by atoms with van der Waals surface area (Å²) in [6, 6.07) is 15.6. The van der Waals surface area contributed by atoms with E-state index in [4.69, 9.17) is 9.57 Å². The maximum Gasteiger partial charge on any atom is 0.158 e. The zero-order valence-electron chi connectivity index (χ0n) is 14.6. The van der Waals surface area contributed by atoms with Gasteiger partial charge >= 0.3 is 0 Å². The van der Waals surface area contributed by atoms with Crippen LogP contribution in [0, 0.1) is 18.3 Å². The Morgan fingerprint density at radius 2 is 2.04 bits per heavy atom. The lowest BCUT2D eigenvalue weighted by Gasteiger charge is -2.10. The molecule has 6 nitrogen and oxygen atoms in total. The number of methoxy groups -OCH3 is 1. The van der Waals surface area contributed by atoms with Crippen LogP contribution in [0.15, 0.2) is 60.0 Å². The molecule has 0 amide bonds. The molecule has 0 aliphatic rings. The van der Waals surface area contributed by atoms with Crippen LogP contribution in [-0.4, -0.2) is 22.9 Å². The highest BCUT2D eigenvalue weighted by Crippen LogP contribution is 2.23. The molecule has 0 fully saturated rings. The minimum Gasteiger partial charge on any atom is -0.495 e. The van der Waals surface area contributed by atoms with Crippen LogP contribution in [0.5, 0.6) is 5.75 Å². The molecule has 0 spiro atoms. The molecule has 0 radical (unpaired) electrons. The van der Waals surface area contributed by atoms with E-state index in [0.717, 1.165) is 11.3 Å². The Morgan fingerprint density at radius 3 is 2.77 bits per heavy atom. The first-order valence-electron chi connectivity index (χ1n) is 8.04. The first kappa shape index (κ1) is 17.2. The topological polar surface area (TPSA) is 72.4 Å². The van der Waals surface area contributed by atoms with Crippen molar-refractivity contribution < 1.29 is 9.57 Å². The summed E-state index contributed by atoms with van der Waals surface area (Å²) in [7, 11) is 1.52. The summed E-state index contributed by atoms with van der Waals surface area (Å²) in [6.45, 7) is 2.43. The largest absolute Gasteiger partial charge is 0.495 e. The third kappa shape index (κ3) is 3.73. The lowest BCUT2D eigenvalue weighted by molar-refractivity contribution is 0.132. The van der Waals surface area contributed by atoms with E-state index in [9.17, 15) is 5.26 Å². The Hall–Kier alpha value is -3.59. The Balaban J connectivity index is 1.77. The highest BCUT2D eigenvalue weighted by molar-refractivity contribution is 5.78. The maximum absolute atomic E-state index is 9.44. The Morgan fingerprint density at radius 1 is 1.23 bits per heavy atom. The Kier molecular flexibility index (Phi) is 5.30. The summed E-state index contributed by atoms with van der Waals surface area (Å²) in [4.78, 5) is 9.67. The van der Waals surface area contributed by atoms with E-state index in [2.05, 4.69) is 16.2 Å². The minimum atomic E-state index is 0.362. The van der Waals surface area contributed by atoms with E-state index < -0.39 is 0 Å². The first-order valence-corrected chi connectivity index (χ1v) is 8.04. The van der Waals surface area contributed by atoms with Gasteiger partial charge in [-0.2, -0.15) is 5.26 Å². The second-order valence-electron chi connectivity index (χ2n) is 5.62. The van der Waals surface area contributed by atoms with Crippen LogP contribution in [0.1, 0.15) is 22.4 Å². The summed E-state index contributed by atoms with van der Waals surface area (Å²) in [5.74, 6) is 0.960. The molecular formula is C20H18N4O2. The average Bonchev–Trinajstić information content (AvgIpc) is 3.14. The lowest BCUT2D eigenvalue weighted by atomic mass is 10.2. The number of nitriles is 1. The molecule has 0 aliphatic heterocycles. The number of hydrogen-bond donors (Lipinski definition) is 0. The van der Waals surface area contributed by atoms with Gasteiger partial charge in [0.25, 0.3) is 0 Å². The molecule has 0 saturated heterocycles. The SMILES string of the molecule is COc1ccnc(-n2cccc2C=NOCc2ccc(C)cc2)c1C#N. The number of pyridine rings is 1. The first-order chi connectivity index (χ1) is 12.7. The smallest absolute Gasteiger partial charge is 0.158 e. The molecule has 3 aromatic rings. The van der Waals surface area contributed by atoms with Crippen molar-refractivity contribution >= 4 is 6.21 Å². The van der Waals surface area contributed by atoms with E-state index in [-0.39, 0.29) is 0 Å². The van der Waals surface area contributed by atoms with Crippen molar-refractivity contribution in [3.05, 3.63) is 77.2 Å². The summed E-state index contributed by atoms with van der Waals surface area (Å²) in [5, 5.41) is 13.5. The molecule has 2 aromatic heterocycles. The zero-order valence-corrected chi connectivity index (χ0v) is 14.6. The van der Waals surface area contributed by atoms with Gasteiger partial charge in [-0.05, 0) is 30.7 Å². The van der Waals surface area contributed by atoms with Gasteiger partial charge in [0.05, 0.1) is 19.0 Å². The highest BCUT2D eigenvalue weighted by atomic mass is 16.6. The molecule has 1 aromatic carbocycles. The van der Waals surface area contributed by atoms with Gasteiger partial charge in [-0.1, -0.05) is 35.0 Å². The third-order valence-corrected chi connectivity index (χ3v) is 3.84. The van der Waals surface area contributed by atoms with Crippen LogP contribution in [-0.2, 0) is 11.4 Å². The summed E-state index contributed by atoms with van der Waals surface area (Å²) < 4.78 is 7.00. The Labute approximate surface area is 151 Å². The van der Waals surface area contributed by atoms with Crippen LogP contribution < -0.4 is 4.74 Å². The van der Waals surface area contributed by atoms with E-state index in [1.54, 1.807) is 23.0 Å². The van der Waals surface area contributed by atoms with Gasteiger partial charge in [-0.15, -0.1) is 0 Å². The van der Waals surface area contributed by atoms with Crippen molar-refractivity contribution in [2.75, 3.05) is 7.11 Å². The second-order valence-corrected chi connectivity index (χ2v) is 5.62. The molecular weight excluding hydrogens is 328 g/mol. The predicted molar refractivity (Wildman–Crippen MR) is 98.4 cm³/mol. The van der Waals surface area contributed by atoms with E-state index >= 15 is 0 Å². The number of ether oxygens (including phenoxy) is 1. The number of nitrogens with zero attached hydrogens (tertiary/aromatic N) is 4. The molecule has 2 heterocycles. The molecule has 0 unspecified atom stereocenters. The number of benzene rings is 1. The van der Waals surface area contributed by atoms with Crippen molar-refractivity contribution in [1.29, 1.82) is 5.26 Å². The van der Waals surface area contributed by atoms with Gasteiger partial charge in [-0.3, -0.25) is 4.57 Å². The molecule has 0 N–H and O–H groups in total. The van der Waals surface area contributed by atoms with Crippen molar-refractivity contribution in [3.8, 4) is 17.6 Å². The van der Waals surface area contributed by atoms with Gasteiger partial charge in [0, 0.05) is 12.4 Å². The lowest BCUT2D eigenvalue weighted by Crippen LogP contribution is -2.05. The van der Waals surface area contributed by atoms with Crippen LogP contribution in [0.4, 0.5) is 0 Å². The fourth-order valence-corrected chi connectivity index (χ4v) is 2.47. The molecule has 3 rings (SSSR count). The van der Waals surface area contributed by atoms with Crippen molar-refractivity contribution in [2.45, 2.75) is 13.5 Å². The number of aryl methyl sites for hydroxylation is 1. The van der Waals surface area contributed by atoms with Gasteiger partial charge in [0.15, 0.2) is 5.82 Å². The summed E-state index contributed by atoms with van der Waals surface area (Å²) in [6.07, 6.45) is 5.00. The molecule has 0 atom stereocenters. The molecule has 0 saturated carbocycles. The van der Waals surface area contributed by atoms with Crippen molar-refractivity contribution in [1.82, 2.24) is 9.55 Å². The van der Waals surface area contributed by atoms with E-state index in [0.29, 0.717) is 23.7 Å². The monoisotopic (exact) mass is 346 g/mol. The maximum atomic E-state index is 9.44. The number of rotatable bonds is 6. The number of hydrogen-bond acceptors (Lipinski definition) is 5. The van der Waals surface area contributed by atoms with Gasteiger partial charge in [0.1, 0.15) is 24.0 Å². The highest BCUT2D eigenvalue weighted by Gasteiger charge is 2.13. The predicted octanol–water partition coefficient (Wildman–Crippen LogP) is 3.61. The average molecular weight is 346 g/mol. The standard InChI is InChI=1S/C20H18N4O2/c1-15-5-7-16(8-6-15)14-26-23-13-17-4-3-11-24(17)20-18(12-21)19(25-2)9-10-22-20/h3-11,13H,14H2,1-2H3. The fourth-order valence-electron chi connectivity index (χ4n) is 2.47. The molecule has 130 valence electrons. The molecule has 0 aliphatic carbocycles. The van der Waals surface area contributed by atoms with Crippen LogP contribution in [0.3, 0.4) is 0 Å². The van der Waals surface area contributed by atoms with Gasteiger partial charge in [0.2, 0.25) is 0 Å². The fraction of sp³-hybridized carbons (Fsp3) is 0.150. The summed E-state index contributed by atoms with van der Waals surface area (Å²) in [5.41, 5.74) is 3.35. The van der Waals surface area contributed by atoms with Crippen LogP contribution >= 0.6 is 0 Å². The minimum absolute atomic E-state index is 0.362. The van der Waals surface area contributed by atoms with Gasteiger partial charge < -0.3 is 9.57 Å². The third-order valence-electron chi connectivity index (χ3n) is 3.84. The second kappa shape index (κ2) is 7.99. The quantitative estimate of drug-likeness (QED) is 0.505. The Bertz CT molecular complexity index is 953. The van der Waals surface area contributed by atoms with Crippen molar-refractivity contribution in [2.24, 2.45) is 5.16 Å². The number of oxime groups is 1. The van der Waals surface area contributed by atoms with Crippen LogP contribution in [0.25, 0.3) is 5.82 Å². The normalized spacial score (nSPS) is 10.7. The van der Waals surface area contributed by atoms with Gasteiger partial charge in [-0.25, -0.2) is 4.98 Å². The van der Waals surface area contributed by atoms with E-state index in [1.165, 1.54) is 12.7 Å². The molecule has 26 heavy (non-hydrogen) atoms. The zero-order chi connectivity index (χ0) is 18.4. The molecule has 0 bridgehead atoms.